The van der Waals surface area contributed by atoms with Crippen LogP contribution in [-0.2, 0) is 12.6 Å². The summed E-state index contributed by atoms with van der Waals surface area (Å²) in [5.74, 6) is 0.565. The zero-order valence-electron chi connectivity index (χ0n) is 17.4. The molecule has 1 amide bonds. The molecule has 0 saturated carbocycles. The molecule has 168 valence electrons. The number of halogens is 3. The Morgan fingerprint density at radius 1 is 1.00 bits per heavy atom. The minimum Gasteiger partial charge on any atom is -0.339 e. The van der Waals surface area contributed by atoms with E-state index in [0.717, 1.165) is 49.5 Å². The summed E-state index contributed by atoms with van der Waals surface area (Å²) in [4.78, 5) is 19.2. The van der Waals surface area contributed by atoms with E-state index in [1.165, 1.54) is 19.3 Å². The van der Waals surface area contributed by atoms with Crippen molar-refractivity contribution in [3.63, 3.8) is 0 Å². The fourth-order valence-electron chi connectivity index (χ4n) is 3.63. The number of benzene rings is 2. The van der Waals surface area contributed by atoms with Gasteiger partial charge in [0.1, 0.15) is 0 Å². The van der Waals surface area contributed by atoms with Gasteiger partial charge in [-0.2, -0.15) is 18.2 Å². The van der Waals surface area contributed by atoms with Crippen LogP contribution in [0.5, 0.6) is 0 Å². The highest BCUT2D eigenvalue weighted by molar-refractivity contribution is 6.04. The molecule has 9 heteroatoms. The van der Waals surface area contributed by atoms with Gasteiger partial charge < -0.3 is 14.7 Å². The van der Waals surface area contributed by atoms with Crippen molar-refractivity contribution < 1.29 is 22.5 Å². The van der Waals surface area contributed by atoms with E-state index in [9.17, 15) is 18.0 Å². The van der Waals surface area contributed by atoms with Crippen LogP contribution in [0.3, 0.4) is 0 Å². The van der Waals surface area contributed by atoms with Crippen LogP contribution in [0.4, 0.5) is 18.9 Å². The smallest absolute Gasteiger partial charge is 0.339 e. The molecule has 0 radical (unpaired) electrons. The molecule has 1 saturated heterocycles. The SMILES string of the molecule is O=C(Nc1ccc(-c2noc(CCN3CCCCC3)n2)cc1)c1ccc(C(F)(F)F)cc1. The summed E-state index contributed by atoms with van der Waals surface area (Å²) in [6.45, 7) is 3.12. The first kappa shape index (κ1) is 22.0. The van der Waals surface area contributed by atoms with E-state index in [4.69, 9.17) is 4.52 Å². The predicted octanol–water partition coefficient (Wildman–Crippen LogP) is 5.04. The number of nitrogens with one attached hydrogen (secondary N) is 1. The molecule has 2 aromatic carbocycles. The van der Waals surface area contributed by atoms with Crippen molar-refractivity contribution in [2.45, 2.75) is 31.9 Å². The highest BCUT2D eigenvalue weighted by Gasteiger charge is 2.30. The van der Waals surface area contributed by atoms with Crippen molar-refractivity contribution in [2.24, 2.45) is 0 Å². The van der Waals surface area contributed by atoms with Crippen LogP contribution in [0, 0.1) is 0 Å². The van der Waals surface area contributed by atoms with Crippen LogP contribution in [0.1, 0.15) is 41.1 Å². The van der Waals surface area contributed by atoms with E-state index >= 15 is 0 Å². The average molecular weight is 444 g/mol. The Labute approximate surface area is 183 Å². The molecule has 4 rings (SSSR count). The Hall–Kier alpha value is -3.20. The molecule has 0 unspecified atom stereocenters. The number of hydrogen-bond donors (Lipinski definition) is 1. The first-order chi connectivity index (χ1) is 15.4. The fourth-order valence-corrected chi connectivity index (χ4v) is 3.63. The number of hydrogen-bond acceptors (Lipinski definition) is 5. The highest BCUT2D eigenvalue weighted by atomic mass is 19.4. The average Bonchev–Trinajstić information content (AvgIpc) is 3.27. The molecule has 1 aromatic heterocycles. The second-order valence-corrected chi connectivity index (χ2v) is 7.77. The maximum Gasteiger partial charge on any atom is 0.416 e. The molecule has 6 nitrogen and oxygen atoms in total. The molecule has 32 heavy (non-hydrogen) atoms. The minimum atomic E-state index is -4.44. The lowest BCUT2D eigenvalue weighted by Gasteiger charge is -2.25. The predicted molar refractivity (Wildman–Crippen MR) is 113 cm³/mol. The van der Waals surface area contributed by atoms with Crippen LogP contribution in [0.25, 0.3) is 11.4 Å². The quantitative estimate of drug-likeness (QED) is 0.577. The van der Waals surface area contributed by atoms with E-state index < -0.39 is 17.6 Å². The molecule has 1 aliphatic rings. The Kier molecular flexibility index (Phi) is 6.55. The van der Waals surface area contributed by atoms with Crippen LogP contribution >= 0.6 is 0 Å². The molecule has 1 aliphatic heterocycles. The van der Waals surface area contributed by atoms with Crippen molar-refractivity contribution in [1.82, 2.24) is 15.0 Å². The normalized spacial score (nSPS) is 15.0. The number of carbonyl (C=O) groups excluding carboxylic acids is 1. The molecule has 1 N–H and O–H groups in total. The Balaban J connectivity index is 1.34. The number of nitrogens with zero attached hydrogens (tertiary/aromatic N) is 3. The van der Waals surface area contributed by atoms with Gasteiger partial charge in [0.2, 0.25) is 11.7 Å². The van der Waals surface area contributed by atoms with Crippen LogP contribution < -0.4 is 5.32 Å². The number of carbonyl (C=O) groups is 1. The molecule has 1 fully saturated rings. The summed E-state index contributed by atoms with van der Waals surface area (Å²) in [6, 6.07) is 10.9. The first-order valence-electron chi connectivity index (χ1n) is 10.5. The van der Waals surface area contributed by atoms with Crippen molar-refractivity contribution in [3.8, 4) is 11.4 Å². The zero-order valence-corrected chi connectivity index (χ0v) is 17.4. The molecule has 0 bridgehead atoms. The fraction of sp³-hybridized carbons (Fsp3) is 0.348. The van der Waals surface area contributed by atoms with Gasteiger partial charge in [-0.1, -0.05) is 11.6 Å². The van der Waals surface area contributed by atoms with Crippen molar-refractivity contribution >= 4 is 11.6 Å². The van der Waals surface area contributed by atoms with Crippen molar-refractivity contribution in [2.75, 3.05) is 25.0 Å². The van der Waals surface area contributed by atoms with Gasteiger partial charge in [-0.05, 0) is 74.5 Å². The summed E-state index contributed by atoms with van der Waals surface area (Å²) in [5.41, 5.74) is 0.588. The van der Waals surface area contributed by atoms with Gasteiger partial charge in [-0.15, -0.1) is 0 Å². The van der Waals surface area contributed by atoms with Gasteiger partial charge in [0, 0.05) is 29.8 Å². The largest absolute Gasteiger partial charge is 0.416 e. The number of anilines is 1. The number of alkyl halides is 3. The Morgan fingerprint density at radius 2 is 1.69 bits per heavy atom. The lowest BCUT2D eigenvalue weighted by molar-refractivity contribution is -0.137. The number of aromatic nitrogens is 2. The van der Waals surface area contributed by atoms with E-state index in [-0.39, 0.29) is 5.56 Å². The number of rotatable bonds is 6. The maximum absolute atomic E-state index is 12.7. The van der Waals surface area contributed by atoms with Gasteiger partial charge in [0.05, 0.1) is 5.56 Å². The summed E-state index contributed by atoms with van der Waals surface area (Å²) in [6.07, 6.45) is 0.0251. The van der Waals surface area contributed by atoms with Crippen LogP contribution in [-0.4, -0.2) is 40.6 Å². The molecule has 0 aliphatic carbocycles. The molecule has 2 heterocycles. The van der Waals surface area contributed by atoms with E-state index in [0.29, 0.717) is 23.8 Å². The van der Waals surface area contributed by atoms with E-state index in [1.807, 2.05) is 0 Å². The molecular weight excluding hydrogens is 421 g/mol. The van der Waals surface area contributed by atoms with Gasteiger partial charge in [0.15, 0.2) is 0 Å². The molecule has 0 spiro atoms. The molecular formula is C23H23F3N4O2. The third-order valence-corrected chi connectivity index (χ3v) is 5.43. The topological polar surface area (TPSA) is 71.3 Å². The summed E-state index contributed by atoms with van der Waals surface area (Å²) in [7, 11) is 0. The number of likely N-dealkylation sites (tertiary alicyclic amines) is 1. The number of amides is 1. The molecule has 0 atom stereocenters. The second-order valence-electron chi connectivity index (χ2n) is 7.77. The van der Waals surface area contributed by atoms with Gasteiger partial charge >= 0.3 is 6.18 Å². The molecule has 3 aromatic rings. The maximum atomic E-state index is 12.7. The summed E-state index contributed by atoms with van der Waals surface area (Å²) in [5, 5.41) is 6.70. The highest BCUT2D eigenvalue weighted by Crippen LogP contribution is 2.29. The third-order valence-electron chi connectivity index (χ3n) is 5.43. The van der Waals surface area contributed by atoms with Crippen molar-refractivity contribution in [1.29, 1.82) is 0 Å². The first-order valence-corrected chi connectivity index (χ1v) is 10.5. The summed E-state index contributed by atoms with van der Waals surface area (Å²) >= 11 is 0. The lowest BCUT2D eigenvalue weighted by atomic mass is 10.1. The minimum absolute atomic E-state index is 0.138. The van der Waals surface area contributed by atoms with E-state index in [2.05, 4.69) is 20.4 Å². The standard InChI is InChI=1S/C23H23F3N4O2/c24-23(25,26)18-8-4-17(5-9-18)22(31)27-19-10-6-16(7-11-19)21-28-20(32-29-21)12-15-30-13-2-1-3-14-30/h4-11H,1-3,12-15H2,(H,27,31). The second kappa shape index (κ2) is 9.52. The Morgan fingerprint density at radius 3 is 2.34 bits per heavy atom. The van der Waals surface area contributed by atoms with Gasteiger partial charge in [-0.25, -0.2) is 0 Å². The zero-order chi connectivity index (χ0) is 22.6. The van der Waals surface area contributed by atoms with Gasteiger partial charge in [0.25, 0.3) is 5.91 Å². The van der Waals surface area contributed by atoms with Crippen molar-refractivity contribution in [3.05, 3.63) is 65.5 Å². The van der Waals surface area contributed by atoms with Gasteiger partial charge in [-0.3, -0.25) is 4.79 Å². The Bertz CT molecular complexity index is 1040. The monoisotopic (exact) mass is 444 g/mol. The van der Waals surface area contributed by atoms with Crippen LogP contribution in [0.15, 0.2) is 53.1 Å². The van der Waals surface area contributed by atoms with Crippen LogP contribution in [0.2, 0.25) is 0 Å². The lowest BCUT2D eigenvalue weighted by Crippen LogP contribution is -2.31. The number of piperidine rings is 1. The third kappa shape index (κ3) is 5.53. The summed E-state index contributed by atoms with van der Waals surface area (Å²) < 4.78 is 43.3. The van der Waals surface area contributed by atoms with E-state index in [1.54, 1.807) is 24.3 Å².